The van der Waals surface area contributed by atoms with Gasteiger partial charge >= 0.3 is 0 Å². The van der Waals surface area contributed by atoms with Gasteiger partial charge in [0.2, 0.25) is 0 Å². The molecule has 2 fully saturated rings. The van der Waals surface area contributed by atoms with Crippen LogP contribution in [0.25, 0.3) is 0 Å². The zero-order chi connectivity index (χ0) is 6.97. The second-order valence-corrected chi connectivity index (χ2v) is 3.94. The molecule has 3 atom stereocenters. The van der Waals surface area contributed by atoms with Crippen molar-refractivity contribution in [3.8, 4) is 0 Å². The van der Waals surface area contributed by atoms with Gasteiger partial charge in [-0.2, -0.15) is 0 Å². The second-order valence-electron chi connectivity index (χ2n) is 3.94. The van der Waals surface area contributed by atoms with E-state index in [0.29, 0.717) is 0 Å². The third-order valence-electron chi connectivity index (χ3n) is 3.25. The number of hydrogen-bond acceptors (Lipinski definition) is 1. The highest BCUT2D eigenvalue weighted by atomic mass is 15.0. The Kier molecular flexibility index (Phi) is 1.69. The van der Waals surface area contributed by atoms with Crippen molar-refractivity contribution in [1.29, 1.82) is 0 Å². The van der Waals surface area contributed by atoms with E-state index in [1.807, 2.05) is 0 Å². The third kappa shape index (κ3) is 0.968. The zero-order valence-corrected chi connectivity index (χ0v) is 6.77. The average molecular weight is 139 g/mol. The molecular weight excluding hydrogens is 122 g/mol. The average Bonchev–Trinajstić information content (AvgIpc) is 2.36. The first-order chi connectivity index (χ1) is 4.88. The molecule has 1 aliphatic carbocycles. The third-order valence-corrected chi connectivity index (χ3v) is 3.25. The fourth-order valence-corrected chi connectivity index (χ4v) is 2.65. The predicted molar refractivity (Wildman–Crippen MR) is 42.9 cm³/mol. The minimum absolute atomic E-state index is 0.883. The lowest BCUT2D eigenvalue weighted by Crippen LogP contribution is -2.36. The second kappa shape index (κ2) is 2.54. The largest absolute Gasteiger partial charge is 0.313 e. The highest BCUT2D eigenvalue weighted by Crippen LogP contribution is 2.33. The van der Waals surface area contributed by atoms with Crippen LogP contribution in [-0.2, 0) is 0 Å². The summed E-state index contributed by atoms with van der Waals surface area (Å²) in [7, 11) is 0. The van der Waals surface area contributed by atoms with Gasteiger partial charge in [-0.3, -0.25) is 0 Å². The van der Waals surface area contributed by atoms with E-state index >= 15 is 0 Å². The molecule has 1 nitrogen and oxygen atoms in total. The van der Waals surface area contributed by atoms with Crippen molar-refractivity contribution >= 4 is 0 Å². The molecule has 0 unspecified atom stereocenters. The van der Waals surface area contributed by atoms with Crippen LogP contribution in [0.4, 0.5) is 0 Å². The standard InChI is InChI=1S/C9H17N/c1-7-3-2-4-8-5-6-10-9(7)8/h7-10H,2-6H2,1H3/t7-,8+,9-/m1/s1. The molecule has 1 aliphatic heterocycles. The first-order valence-corrected chi connectivity index (χ1v) is 4.61. The Morgan fingerprint density at radius 3 is 2.90 bits per heavy atom. The molecule has 0 aromatic rings. The van der Waals surface area contributed by atoms with E-state index < -0.39 is 0 Å². The first-order valence-electron chi connectivity index (χ1n) is 4.61. The van der Waals surface area contributed by atoms with Crippen molar-refractivity contribution in [2.75, 3.05) is 6.54 Å². The van der Waals surface area contributed by atoms with Crippen molar-refractivity contribution in [1.82, 2.24) is 5.32 Å². The van der Waals surface area contributed by atoms with Crippen LogP contribution in [0.3, 0.4) is 0 Å². The summed E-state index contributed by atoms with van der Waals surface area (Å²) in [5, 5.41) is 3.61. The van der Waals surface area contributed by atoms with Gasteiger partial charge in [0.15, 0.2) is 0 Å². The summed E-state index contributed by atoms with van der Waals surface area (Å²) in [4.78, 5) is 0. The van der Waals surface area contributed by atoms with Gasteiger partial charge in [-0.05, 0) is 37.6 Å². The molecule has 0 bridgehead atoms. The van der Waals surface area contributed by atoms with Crippen molar-refractivity contribution < 1.29 is 0 Å². The van der Waals surface area contributed by atoms with Crippen LogP contribution in [-0.4, -0.2) is 12.6 Å². The van der Waals surface area contributed by atoms with Crippen LogP contribution >= 0.6 is 0 Å². The topological polar surface area (TPSA) is 12.0 Å². The van der Waals surface area contributed by atoms with E-state index in [9.17, 15) is 0 Å². The van der Waals surface area contributed by atoms with E-state index in [1.54, 1.807) is 0 Å². The molecule has 1 saturated heterocycles. The summed E-state index contributed by atoms with van der Waals surface area (Å²) >= 11 is 0. The molecule has 10 heavy (non-hydrogen) atoms. The molecule has 0 amide bonds. The van der Waals surface area contributed by atoms with Gasteiger partial charge in [0.1, 0.15) is 0 Å². The van der Waals surface area contributed by atoms with Crippen LogP contribution in [0.2, 0.25) is 0 Å². The number of rotatable bonds is 0. The van der Waals surface area contributed by atoms with Gasteiger partial charge in [-0.15, -0.1) is 0 Å². The molecule has 2 rings (SSSR count). The number of nitrogens with one attached hydrogen (secondary N) is 1. The lowest BCUT2D eigenvalue weighted by Gasteiger charge is -2.30. The summed E-state index contributed by atoms with van der Waals surface area (Å²) in [5.41, 5.74) is 0. The summed E-state index contributed by atoms with van der Waals surface area (Å²) in [6, 6.07) is 0.883. The lowest BCUT2D eigenvalue weighted by atomic mass is 9.79. The van der Waals surface area contributed by atoms with Crippen LogP contribution in [0.15, 0.2) is 0 Å². The van der Waals surface area contributed by atoms with Crippen molar-refractivity contribution in [2.24, 2.45) is 11.8 Å². The molecule has 58 valence electrons. The van der Waals surface area contributed by atoms with Crippen LogP contribution in [0, 0.1) is 11.8 Å². The molecule has 0 aromatic carbocycles. The maximum Gasteiger partial charge on any atom is 0.0121 e. The molecule has 0 aromatic heterocycles. The highest BCUT2D eigenvalue weighted by molar-refractivity contribution is 4.90. The molecule has 0 spiro atoms. The predicted octanol–water partition coefficient (Wildman–Crippen LogP) is 1.78. The molecule has 1 heterocycles. The smallest absolute Gasteiger partial charge is 0.0121 e. The van der Waals surface area contributed by atoms with Gasteiger partial charge in [0.25, 0.3) is 0 Å². The lowest BCUT2D eigenvalue weighted by molar-refractivity contribution is 0.245. The van der Waals surface area contributed by atoms with Crippen molar-refractivity contribution in [3.05, 3.63) is 0 Å². The Morgan fingerprint density at radius 1 is 1.20 bits per heavy atom. The Hall–Kier alpha value is -0.0400. The Morgan fingerprint density at radius 2 is 2.10 bits per heavy atom. The minimum atomic E-state index is 0.883. The van der Waals surface area contributed by atoms with Crippen molar-refractivity contribution in [3.63, 3.8) is 0 Å². The van der Waals surface area contributed by atoms with Gasteiger partial charge in [0, 0.05) is 6.04 Å². The normalized spacial score (nSPS) is 47.1. The Balaban J connectivity index is 2.03. The summed E-state index contributed by atoms with van der Waals surface area (Å²) < 4.78 is 0. The molecule has 1 heteroatoms. The molecular formula is C9H17N. The van der Waals surface area contributed by atoms with Gasteiger partial charge in [-0.1, -0.05) is 13.3 Å². The van der Waals surface area contributed by atoms with Crippen LogP contribution in [0.5, 0.6) is 0 Å². The summed E-state index contributed by atoms with van der Waals surface area (Å²) in [5.74, 6) is 1.98. The van der Waals surface area contributed by atoms with E-state index in [-0.39, 0.29) is 0 Å². The van der Waals surface area contributed by atoms with Crippen LogP contribution < -0.4 is 5.32 Å². The van der Waals surface area contributed by atoms with E-state index in [0.717, 1.165) is 17.9 Å². The fourth-order valence-electron chi connectivity index (χ4n) is 2.65. The van der Waals surface area contributed by atoms with E-state index in [2.05, 4.69) is 12.2 Å². The van der Waals surface area contributed by atoms with Gasteiger partial charge in [0.05, 0.1) is 0 Å². The molecule has 1 N–H and O–H groups in total. The Labute approximate surface area is 63.2 Å². The summed E-state index contributed by atoms with van der Waals surface area (Å²) in [6.07, 6.45) is 5.86. The summed E-state index contributed by atoms with van der Waals surface area (Å²) in [6.45, 7) is 3.68. The van der Waals surface area contributed by atoms with Crippen molar-refractivity contribution in [2.45, 2.75) is 38.6 Å². The number of hydrogen-bond donors (Lipinski definition) is 1. The van der Waals surface area contributed by atoms with E-state index in [1.165, 1.54) is 32.2 Å². The van der Waals surface area contributed by atoms with E-state index in [4.69, 9.17) is 0 Å². The Bertz CT molecular complexity index is 122. The molecule has 0 radical (unpaired) electrons. The quantitative estimate of drug-likeness (QED) is 0.539. The molecule has 1 saturated carbocycles. The maximum atomic E-state index is 3.61. The fraction of sp³-hybridized carbons (Fsp3) is 1.00. The van der Waals surface area contributed by atoms with Crippen LogP contribution in [0.1, 0.15) is 32.6 Å². The SMILES string of the molecule is C[C@@H]1CCC[C@H]2CCN[C@@H]21. The van der Waals surface area contributed by atoms with Gasteiger partial charge in [-0.25, -0.2) is 0 Å². The number of fused-ring (bicyclic) bond motifs is 1. The highest BCUT2D eigenvalue weighted by Gasteiger charge is 2.33. The monoisotopic (exact) mass is 139 g/mol. The first kappa shape index (κ1) is 6.66. The maximum absolute atomic E-state index is 3.61. The minimum Gasteiger partial charge on any atom is -0.313 e. The van der Waals surface area contributed by atoms with Gasteiger partial charge < -0.3 is 5.32 Å². The zero-order valence-electron chi connectivity index (χ0n) is 6.77. The molecule has 2 aliphatic rings.